The van der Waals surface area contributed by atoms with E-state index in [0.29, 0.717) is 5.41 Å². The predicted octanol–water partition coefficient (Wildman–Crippen LogP) is 2.06. The van der Waals surface area contributed by atoms with Crippen molar-refractivity contribution in [2.75, 3.05) is 63.2 Å². The zero-order valence-electron chi connectivity index (χ0n) is 13.8. The fourth-order valence-electron chi connectivity index (χ4n) is 3.09. The fraction of sp³-hybridized carbons (Fsp3) is 0.706. The van der Waals surface area contributed by atoms with E-state index in [4.69, 9.17) is 4.74 Å². The Hall–Kier alpha value is -1.33. The second kappa shape index (κ2) is 6.84. The van der Waals surface area contributed by atoms with E-state index in [1.54, 1.807) is 0 Å². The molecule has 3 heterocycles. The van der Waals surface area contributed by atoms with Gasteiger partial charge >= 0.3 is 0 Å². The topological polar surface area (TPSA) is 40.6 Å². The molecule has 2 aliphatic rings. The Balaban J connectivity index is 1.53. The van der Waals surface area contributed by atoms with Crippen LogP contribution in [-0.4, -0.2) is 62.9 Å². The summed E-state index contributed by atoms with van der Waals surface area (Å²) in [6, 6.07) is 4.29. The molecule has 0 unspecified atom stereocenters. The monoisotopic (exact) mass is 304 g/mol. The third-order valence-electron chi connectivity index (χ3n) is 5.01. The maximum Gasteiger partial charge on any atom is 0.126 e. The molecule has 0 atom stereocenters. The van der Waals surface area contributed by atoms with Gasteiger partial charge in [0.25, 0.3) is 0 Å². The van der Waals surface area contributed by atoms with Crippen LogP contribution in [-0.2, 0) is 4.74 Å². The molecule has 5 heteroatoms. The van der Waals surface area contributed by atoms with Gasteiger partial charge in [-0.15, -0.1) is 0 Å². The second-order valence-electron chi connectivity index (χ2n) is 6.97. The highest BCUT2D eigenvalue weighted by Crippen LogP contribution is 2.29. The van der Waals surface area contributed by atoms with Crippen LogP contribution < -0.4 is 10.2 Å². The van der Waals surface area contributed by atoms with Crippen molar-refractivity contribution in [2.24, 2.45) is 5.41 Å². The molecule has 0 bridgehead atoms. The molecule has 1 aromatic rings. The summed E-state index contributed by atoms with van der Waals surface area (Å²) in [6.07, 6.45) is 4.25. The minimum absolute atomic E-state index is 0.329. The van der Waals surface area contributed by atoms with E-state index in [0.717, 1.165) is 64.6 Å². The molecule has 2 fully saturated rings. The number of likely N-dealkylation sites (N-methyl/N-ethyl adjacent to an activating group) is 1. The van der Waals surface area contributed by atoms with Crippen molar-refractivity contribution >= 4 is 11.5 Å². The molecule has 0 saturated carbocycles. The SMILES string of the molecule is CN1CCN(c2ccc(NCC3(C)CCOCC3)nc2)CC1. The summed E-state index contributed by atoms with van der Waals surface area (Å²) < 4.78 is 5.46. The van der Waals surface area contributed by atoms with Gasteiger partial charge in [0, 0.05) is 45.9 Å². The molecule has 1 N–H and O–H groups in total. The third kappa shape index (κ3) is 3.90. The smallest absolute Gasteiger partial charge is 0.126 e. The van der Waals surface area contributed by atoms with Gasteiger partial charge in [0.05, 0.1) is 11.9 Å². The molecule has 1 aromatic heterocycles. The van der Waals surface area contributed by atoms with E-state index in [2.05, 4.69) is 46.2 Å². The summed E-state index contributed by atoms with van der Waals surface area (Å²) in [6.45, 7) is 9.49. The Morgan fingerprint density at radius 3 is 2.55 bits per heavy atom. The number of hydrogen-bond acceptors (Lipinski definition) is 5. The van der Waals surface area contributed by atoms with Crippen LogP contribution in [0.2, 0.25) is 0 Å². The average molecular weight is 304 g/mol. The normalized spacial score (nSPS) is 22.5. The molecular weight excluding hydrogens is 276 g/mol. The first-order chi connectivity index (χ1) is 10.6. The third-order valence-corrected chi connectivity index (χ3v) is 5.01. The van der Waals surface area contributed by atoms with Crippen molar-refractivity contribution < 1.29 is 4.74 Å². The Morgan fingerprint density at radius 2 is 1.91 bits per heavy atom. The quantitative estimate of drug-likeness (QED) is 0.922. The van der Waals surface area contributed by atoms with Gasteiger partial charge in [0.1, 0.15) is 5.82 Å². The summed E-state index contributed by atoms with van der Waals surface area (Å²) in [5, 5.41) is 3.50. The van der Waals surface area contributed by atoms with Gasteiger partial charge in [0.2, 0.25) is 0 Å². The highest BCUT2D eigenvalue weighted by atomic mass is 16.5. The first kappa shape index (κ1) is 15.6. The van der Waals surface area contributed by atoms with Crippen molar-refractivity contribution in [3.63, 3.8) is 0 Å². The van der Waals surface area contributed by atoms with Gasteiger partial charge in [-0.05, 0) is 37.4 Å². The number of hydrogen-bond donors (Lipinski definition) is 1. The minimum atomic E-state index is 0.329. The van der Waals surface area contributed by atoms with Crippen LogP contribution in [0.25, 0.3) is 0 Å². The van der Waals surface area contributed by atoms with Crippen molar-refractivity contribution in [2.45, 2.75) is 19.8 Å². The highest BCUT2D eigenvalue weighted by Gasteiger charge is 2.27. The number of rotatable bonds is 4. The van der Waals surface area contributed by atoms with Gasteiger partial charge in [-0.3, -0.25) is 0 Å². The van der Waals surface area contributed by atoms with Gasteiger partial charge in [0.15, 0.2) is 0 Å². The van der Waals surface area contributed by atoms with Gasteiger partial charge in [-0.2, -0.15) is 0 Å². The lowest BCUT2D eigenvalue weighted by Gasteiger charge is -2.34. The molecule has 122 valence electrons. The zero-order chi connectivity index (χ0) is 15.4. The molecular formula is C17H28N4O. The van der Waals surface area contributed by atoms with Crippen LogP contribution >= 0.6 is 0 Å². The lowest BCUT2D eigenvalue weighted by atomic mass is 9.82. The lowest BCUT2D eigenvalue weighted by Crippen LogP contribution is -2.44. The van der Waals surface area contributed by atoms with Gasteiger partial charge in [-0.25, -0.2) is 4.98 Å². The van der Waals surface area contributed by atoms with E-state index in [-0.39, 0.29) is 0 Å². The van der Waals surface area contributed by atoms with Gasteiger partial charge in [-0.1, -0.05) is 6.92 Å². The van der Waals surface area contributed by atoms with Crippen molar-refractivity contribution in [3.8, 4) is 0 Å². The number of ether oxygens (including phenoxy) is 1. The molecule has 0 radical (unpaired) electrons. The van der Waals surface area contributed by atoms with E-state index in [9.17, 15) is 0 Å². The molecule has 0 spiro atoms. The molecule has 3 rings (SSSR count). The molecule has 22 heavy (non-hydrogen) atoms. The molecule has 2 saturated heterocycles. The lowest BCUT2D eigenvalue weighted by molar-refractivity contribution is 0.0300. The van der Waals surface area contributed by atoms with E-state index < -0.39 is 0 Å². The largest absolute Gasteiger partial charge is 0.381 e. The maximum atomic E-state index is 5.46. The molecule has 2 aliphatic heterocycles. The van der Waals surface area contributed by atoms with E-state index in [1.165, 1.54) is 5.69 Å². The first-order valence-electron chi connectivity index (χ1n) is 8.36. The summed E-state index contributed by atoms with van der Waals surface area (Å²) in [5.74, 6) is 0.977. The first-order valence-corrected chi connectivity index (χ1v) is 8.36. The zero-order valence-corrected chi connectivity index (χ0v) is 13.8. The van der Waals surface area contributed by atoms with Crippen molar-refractivity contribution in [1.29, 1.82) is 0 Å². The van der Waals surface area contributed by atoms with Crippen molar-refractivity contribution in [1.82, 2.24) is 9.88 Å². The van der Waals surface area contributed by atoms with Crippen LogP contribution in [0.1, 0.15) is 19.8 Å². The van der Waals surface area contributed by atoms with Crippen LogP contribution in [0.5, 0.6) is 0 Å². The Labute approximate surface area is 133 Å². The highest BCUT2D eigenvalue weighted by molar-refractivity contribution is 5.49. The number of nitrogens with one attached hydrogen (secondary N) is 1. The maximum absolute atomic E-state index is 5.46. The average Bonchev–Trinajstić information content (AvgIpc) is 2.55. The summed E-state index contributed by atoms with van der Waals surface area (Å²) >= 11 is 0. The van der Waals surface area contributed by atoms with Crippen LogP contribution in [0.4, 0.5) is 11.5 Å². The number of pyridine rings is 1. The summed E-state index contributed by atoms with van der Waals surface area (Å²) in [7, 11) is 2.18. The molecule has 0 aliphatic carbocycles. The predicted molar refractivity (Wildman–Crippen MR) is 90.6 cm³/mol. The molecule has 5 nitrogen and oxygen atoms in total. The number of anilines is 2. The van der Waals surface area contributed by atoms with Crippen LogP contribution in [0, 0.1) is 5.41 Å². The number of aromatic nitrogens is 1. The van der Waals surface area contributed by atoms with Crippen LogP contribution in [0.15, 0.2) is 18.3 Å². The number of piperazine rings is 1. The Morgan fingerprint density at radius 1 is 1.18 bits per heavy atom. The van der Waals surface area contributed by atoms with Gasteiger partial charge < -0.3 is 19.9 Å². The molecule has 0 amide bonds. The van der Waals surface area contributed by atoms with Crippen LogP contribution in [0.3, 0.4) is 0 Å². The number of nitrogens with zero attached hydrogens (tertiary/aromatic N) is 3. The molecule has 0 aromatic carbocycles. The second-order valence-corrected chi connectivity index (χ2v) is 6.97. The fourth-order valence-corrected chi connectivity index (χ4v) is 3.09. The Bertz CT molecular complexity index is 462. The van der Waals surface area contributed by atoms with E-state index >= 15 is 0 Å². The van der Waals surface area contributed by atoms with Crippen molar-refractivity contribution in [3.05, 3.63) is 18.3 Å². The summed E-state index contributed by atoms with van der Waals surface area (Å²) in [4.78, 5) is 9.37. The summed E-state index contributed by atoms with van der Waals surface area (Å²) in [5.41, 5.74) is 1.56. The Kier molecular flexibility index (Phi) is 4.84. The minimum Gasteiger partial charge on any atom is -0.381 e. The van der Waals surface area contributed by atoms with E-state index in [1.807, 2.05) is 6.20 Å². The standard InChI is InChI=1S/C17H28N4O/c1-17(5-11-22-12-6-17)14-19-16-4-3-15(13-18-16)21-9-7-20(2)8-10-21/h3-4,13H,5-12,14H2,1-2H3,(H,18,19).